The van der Waals surface area contributed by atoms with E-state index in [1.807, 2.05) is 13.0 Å². The highest BCUT2D eigenvalue weighted by molar-refractivity contribution is 5.71. The molecule has 2 N–H and O–H groups in total. The number of nitrogens with zero attached hydrogens (tertiary/aromatic N) is 3. The van der Waals surface area contributed by atoms with Gasteiger partial charge in [-0.1, -0.05) is 13.3 Å². The van der Waals surface area contributed by atoms with E-state index in [9.17, 15) is 10.1 Å². The second-order valence-corrected chi connectivity index (χ2v) is 4.90. The third-order valence-electron chi connectivity index (χ3n) is 3.24. The van der Waals surface area contributed by atoms with Crippen molar-refractivity contribution in [3.05, 3.63) is 39.4 Å². The normalized spacial score (nSPS) is 10.8. The lowest BCUT2D eigenvalue weighted by atomic mass is 10.0. The zero-order valence-corrected chi connectivity index (χ0v) is 11.9. The van der Waals surface area contributed by atoms with Crippen molar-refractivity contribution in [2.45, 2.75) is 26.7 Å². The molecule has 0 aliphatic heterocycles. The second-order valence-electron chi connectivity index (χ2n) is 4.90. The summed E-state index contributed by atoms with van der Waals surface area (Å²) in [5.41, 5.74) is 9.37. The van der Waals surface area contributed by atoms with Crippen LogP contribution in [0, 0.1) is 17.0 Å². The number of hydrogen-bond donors (Lipinski definition) is 1. The number of aromatic nitrogens is 2. The minimum absolute atomic E-state index is 0.0756. The maximum atomic E-state index is 11.0. The van der Waals surface area contributed by atoms with Crippen LogP contribution in [-0.2, 0) is 13.5 Å². The van der Waals surface area contributed by atoms with Gasteiger partial charge < -0.3 is 5.73 Å². The Bertz CT molecular complexity index is 661. The maximum Gasteiger partial charge on any atom is 0.270 e. The Kier molecular flexibility index (Phi) is 3.74. The van der Waals surface area contributed by atoms with E-state index in [2.05, 4.69) is 12.0 Å². The third kappa shape index (κ3) is 2.49. The van der Waals surface area contributed by atoms with Crippen molar-refractivity contribution in [2.75, 3.05) is 5.73 Å². The number of hydrogen-bond acceptors (Lipinski definition) is 4. The predicted octanol–water partition coefficient (Wildman–Crippen LogP) is 2.84. The van der Waals surface area contributed by atoms with Crippen LogP contribution in [0.1, 0.15) is 24.5 Å². The lowest BCUT2D eigenvalue weighted by Gasteiger charge is -2.04. The number of aryl methyl sites for hydroxylation is 2. The van der Waals surface area contributed by atoms with Gasteiger partial charge in [-0.3, -0.25) is 14.8 Å². The van der Waals surface area contributed by atoms with Crippen LogP contribution in [0.4, 0.5) is 11.5 Å². The van der Waals surface area contributed by atoms with Gasteiger partial charge in [0.25, 0.3) is 5.69 Å². The predicted molar refractivity (Wildman–Crippen MR) is 78.4 cm³/mol. The first kappa shape index (κ1) is 14.0. The fourth-order valence-corrected chi connectivity index (χ4v) is 2.31. The number of rotatable bonds is 4. The van der Waals surface area contributed by atoms with Crippen molar-refractivity contribution >= 4 is 11.5 Å². The van der Waals surface area contributed by atoms with Crippen LogP contribution in [0.15, 0.2) is 18.2 Å². The summed E-state index contributed by atoms with van der Waals surface area (Å²) in [4.78, 5) is 10.6. The average molecular weight is 274 g/mol. The van der Waals surface area contributed by atoms with Gasteiger partial charge in [-0.25, -0.2) is 0 Å². The fourth-order valence-electron chi connectivity index (χ4n) is 2.31. The molecule has 0 atom stereocenters. The quantitative estimate of drug-likeness (QED) is 0.686. The molecule has 0 bridgehead atoms. The van der Waals surface area contributed by atoms with Crippen molar-refractivity contribution < 1.29 is 4.92 Å². The zero-order valence-electron chi connectivity index (χ0n) is 11.9. The molecule has 106 valence electrons. The molecule has 0 fully saturated rings. The number of nitrogens with two attached hydrogens (primary N) is 1. The van der Waals surface area contributed by atoms with Crippen LogP contribution in [0.3, 0.4) is 0 Å². The molecule has 6 heteroatoms. The molecule has 20 heavy (non-hydrogen) atoms. The Labute approximate surface area is 117 Å². The van der Waals surface area contributed by atoms with Crippen molar-refractivity contribution in [1.29, 1.82) is 0 Å². The summed E-state index contributed by atoms with van der Waals surface area (Å²) in [7, 11) is 1.78. The van der Waals surface area contributed by atoms with Gasteiger partial charge in [0.05, 0.1) is 10.6 Å². The number of nitro benzene ring substituents is 1. The standard InChI is InChI=1S/C14H18N4O2/c1-4-5-12-13(16-17(3)14(12)15)10-6-9(2)7-11(8-10)18(19)20/h6-8H,4-5,15H2,1-3H3. The van der Waals surface area contributed by atoms with Crippen LogP contribution < -0.4 is 5.73 Å². The highest BCUT2D eigenvalue weighted by Gasteiger charge is 2.17. The minimum Gasteiger partial charge on any atom is -0.384 e. The molecule has 1 aromatic carbocycles. The van der Waals surface area contributed by atoms with Crippen LogP contribution in [0.5, 0.6) is 0 Å². The number of nitrogen functional groups attached to an aromatic ring is 1. The summed E-state index contributed by atoms with van der Waals surface area (Å²) in [6.07, 6.45) is 1.74. The summed E-state index contributed by atoms with van der Waals surface area (Å²) in [6.45, 7) is 3.90. The van der Waals surface area contributed by atoms with Crippen LogP contribution in [0.2, 0.25) is 0 Å². The Morgan fingerprint density at radius 3 is 2.70 bits per heavy atom. The molecule has 0 amide bonds. The fraction of sp³-hybridized carbons (Fsp3) is 0.357. The van der Waals surface area contributed by atoms with E-state index >= 15 is 0 Å². The van der Waals surface area contributed by atoms with Crippen molar-refractivity contribution in [1.82, 2.24) is 9.78 Å². The Morgan fingerprint density at radius 2 is 2.10 bits per heavy atom. The van der Waals surface area contributed by atoms with E-state index < -0.39 is 0 Å². The first-order chi connectivity index (χ1) is 9.43. The Balaban J connectivity index is 2.62. The van der Waals surface area contributed by atoms with Gasteiger partial charge in [0.15, 0.2) is 0 Å². The van der Waals surface area contributed by atoms with Gasteiger partial charge in [-0.05, 0) is 25.0 Å². The van der Waals surface area contributed by atoms with Gasteiger partial charge in [0.1, 0.15) is 5.82 Å². The van der Waals surface area contributed by atoms with Crippen molar-refractivity contribution in [2.24, 2.45) is 7.05 Å². The van der Waals surface area contributed by atoms with E-state index in [4.69, 9.17) is 5.73 Å². The van der Waals surface area contributed by atoms with E-state index in [0.29, 0.717) is 5.82 Å². The summed E-state index contributed by atoms with van der Waals surface area (Å²) in [5, 5.41) is 15.4. The highest BCUT2D eigenvalue weighted by atomic mass is 16.6. The van der Waals surface area contributed by atoms with Gasteiger partial charge >= 0.3 is 0 Å². The molecule has 0 radical (unpaired) electrons. The first-order valence-corrected chi connectivity index (χ1v) is 6.51. The molecule has 0 spiro atoms. The van der Waals surface area contributed by atoms with Crippen molar-refractivity contribution in [3.63, 3.8) is 0 Å². The number of benzene rings is 1. The van der Waals surface area contributed by atoms with Gasteiger partial charge in [0, 0.05) is 30.3 Å². The van der Waals surface area contributed by atoms with Crippen LogP contribution >= 0.6 is 0 Å². The zero-order chi connectivity index (χ0) is 14.9. The molecule has 0 aliphatic rings. The van der Waals surface area contributed by atoms with Gasteiger partial charge in [-0.15, -0.1) is 0 Å². The molecule has 2 rings (SSSR count). The number of non-ortho nitro benzene ring substituents is 1. The molecule has 6 nitrogen and oxygen atoms in total. The maximum absolute atomic E-state index is 11.0. The lowest BCUT2D eigenvalue weighted by Crippen LogP contribution is -1.99. The summed E-state index contributed by atoms with van der Waals surface area (Å²) in [5.74, 6) is 0.617. The van der Waals surface area contributed by atoms with E-state index in [1.165, 1.54) is 0 Å². The van der Waals surface area contributed by atoms with E-state index in [1.54, 1.807) is 23.9 Å². The minimum atomic E-state index is -0.387. The van der Waals surface area contributed by atoms with Crippen LogP contribution in [-0.4, -0.2) is 14.7 Å². The largest absolute Gasteiger partial charge is 0.384 e. The SMILES string of the molecule is CCCc1c(-c2cc(C)cc([N+](=O)[O-])c2)nn(C)c1N. The molecule has 2 aromatic rings. The second kappa shape index (κ2) is 5.32. The molecule has 1 aromatic heterocycles. The van der Waals surface area contributed by atoms with Gasteiger partial charge in [0.2, 0.25) is 0 Å². The molecule has 0 saturated carbocycles. The van der Waals surface area contributed by atoms with E-state index in [0.717, 1.165) is 35.2 Å². The molecular formula is C14H18N4O2. The highest BCUT2D eigenvalue weighted by Crippen LogP contribution is 2.31. The first-order valence-electron chi connectivity index (χ1n) is 6.51. The summed E-state index contributed by atoms with van der Waals surface area (Å²) < 4.78 is 1.62. The van der Waals surface area contributed by atoms with Gasteiger partial charge in [-0.2, -0.15) is 5.10 Å². The number of nitro groups is 1. The Hall–Kier alpha value is -2.37. The monoisotopic (exact) mass is 274 g/mol. The molecule has 0 aliphatic carbocycles. The topological polar surface area (TPSA) is 87.0 Å². The molecular weight excluding hydrogens is 256 g/mol. The molecule has 0 unspecified atom stereocenters. The molecule has 1 heterocycles. The summed E-state index contributed by atoms with van der Waals surface area (Å²) in [6, 6.07) is 5.00. The van der Waals surface area contributed by atoms with E-state index in [-0.39, 0.29) is 10.6 Å². The third-order valence-corrected chi connectivity index (χ3v) is 3.24. The Morgan fingerprint density at radius 1 is 1.40 bits per heavy atom. The smallest absolute Gasteiger partial charge is 0.270 e. The summed E-state index contributed by atoms with van der Waals surface area (Å²) >= 11 is 0. The van der Waals surface area contributed by atoms with Crippen molar-refractivity contribution in [3.8, 4) is 11.3 Å². The average Bonchev–Trinajstić information content (AvgIpc) is 2.67. The number of anilines is 1. The molecule has 0 saturated heterocycles. The van der Waals surface area contributed by atoms with Crippen LogP contribution in [0.25, 0.3) is 11.3 Å². The lowest BCUT2D eigenvalue weighted by molar-refractivity contribution is -0.384.